The van der Waals surface area contributed by atoms with Crippen LogP contribution in [0.1, 0.15) is 38.8 Å². The Morgan fingerprint density at radius 3 is 2.54 bits per heavy atom. The van der Waals surface area contributed by atoms with E-state index in [2.05, 4.69) is 10.3 Å². The molecule has 7 nitrogen and oxygen atoms in total. The van der Waals surface area contributed by atoms with Gasteiger partial charge in [-0.1, -0.05) is 48.9 Å². The summed E-state index contributed by atoms with van der Waals surface area (Å²) in [7, 11) is 0. The van der Waals surface area contributed by atoms with Crippen LogP contribution in [0.3, 0.4) is 0 Å². The molecule has 4 rings (SSSR count). The molecule has 2 atom stereocenters. The monoisotopic (exact) mass is 515 g/mol. The zero-order chi connectivity index (χ0) is 25.4. The lowest BCUT2D eigenvalue weighted by Gasteiger charge is -2.26. The molecule has 0 saturated carbocycles. The third-order valence-corrected chi connectivity index (χ3v) is 6.86. The average Bonchev–Trinajstić information content (AvgIpc) is 3.30. The molecule has 10 heteroatoms. The van der Waals surface area contributed by atoms with E-state index in [0.717, 1.165) is 0 Å². The van der Waals surface area contributed by atoms with E-state index in [4.69, 9.17) is 11.6 Å². The Hall–Kier alpha value is -3.30. The van der Waals surface area contributed by atoms with Gasteiger partial charge in [0.1, 0.15) is 5.82 Å². The molecule has 1 aromatic heterocycles. The van der Waals surface area contributed by atoms with Gasteiger partial charge in [-0.3, -0.25) is 19.3 Å². The Morgan fingerprint density at radius 1 is 1.23 bits per heavy atom. The zero-order valence-corrected chi connectivity index (χ0v) is 20.8. The maximum atomic E-state index is 13.7. The van der Waals surface area contributed by atoms with Gasteiger partial charge >= 0.3 is 0 Å². The molecule has 2 aromatic carbocycles. The second-order valence-electron chi connectivity index (χ2n) is 8.75. The van der Waals surface area contributed by atoms with Gasteiger partial charge in [0.2, 0.25) is 5.91 Å². The lowest BCUT2D eigenvalue weighted by Crippen LogP contribution is -2.42. The molecule has 0 radical (unpaired) electrons. The van der Waals surface area contributed by atoms with Crippen molar-refractivity contribution in [3.8, 4) is 0 Å². The fourth-order valence-corrected chi connectivity index (χ4v) is 5.41. The van der Waals surface area contributed by atoms with Crippen LogP contribution in [0.15, 0.2) is 53.8 Å². The number of amides is 2. The molecule has 2 amide bonds. The number of benzene rings is 2. The highest BCUT2D eigenvalue weighted by molar-refractivity contribution is 7.22. The molecule has 2 N–H and O–H groups in total. The molecule has 35 heavy (non-hydrogen) atoms. The number of nitrogens with one attached hydrogen (secondary N) is 1. The molecule has 1 aliphatic rings. The molecule has 0 bridgehead atoms. The number of carbonyl (C=O) groups excluding carboxylic acids is 3. The van der Waals surface area contributed by atoms with Crippen molar-refractivity contribution >= 4 is 55.9 Å². The standard InChI is InChI=1S/C25H23ClFN3O4S/c1-12(2)10-18(28-13(3)31)22(32)20-21(14-4-7-16(27)8-5-14)30(24(34)23(20)33)25-29-17-9-6-15(26)11-19(17)35-25/h4-9,11-12,18,21,33H,10H2,1-3H3,(H,28,31). The first-order chi connectivity index (χ1) is 16.6. The predicted octanol–water partition coefficient (Wildman–Crippen LogP) is 5.11. The summed E-state index contributed by atoms with van der Waals surface area (Å²) < 4.78 is 14.4. The van der Waals surface area contributed by atoms with E-state index in [1.165, 1.54) is 47.4 Å². The van der Waals surface area contributed by atoms with Crippen LogP contribution < -0.4 is 10.2 Å². The van der Waals surface area contributed by atoms with Gasteiger partial charge in [0.25, 0.3) is 5.91 Å². The third kappa shape index (κ3) is 4.92. The molecule has 0 aliphatic carbocycles. The number of hydrogen-bond donors (Lipinski definition) is 2. The number of carbonyl (C=O) groups is 3. The Kier molecular flexibility index (Phi) is 6.91. The highest BCUT2D eigenvalue weighted by Gasteiger charge is 2.47. The second-order valence-corrected chi connectivity index (χ2v) is 10.2. The van der Waals surface area contributed by atoms with Gasteiger partial charge in [-0.2, -0.15) is 0 Å². The lowest BCUT2D eigenvalue weighted by molar-refractivity contribution is -0.125. The number of aliphatic hydroxyl groups is 1. The van der Waals surface area contributed by atoms with Gasteiger partial charge in [0.15, 0.2) is 16.7 Å². The molecule has 0 saturated heterocycles. The largest absolute Gasteiger partial charge is 0.503 e. The van der Waals surface area contributed by atoms with E-state index < -0.39 is 41.3 Å². The fraction of sp³-hybridized carbons (Fsp3) is 0.280. The van der Waals surface area contributed by atoms with Crippen molar-refractivity contribution in [1.82, 2.24) is 10.3 Å². The fourth-order valence-electron chi connectivity index (χ4n) is 4.14. The number of hydrogen-bond acceptors (Lipinski definition) is 6. The smallest absolute Gasteiger partial charge is 0.296 e. The van der Waals surface area contributed by atoms with Gasteiger partial charge in [-0.15, -0.1) is 0 Å². The first kappa shape index (κ1) is 24.8. The summed E-state index contributed by atoms with van der Waals surface area (Å²) in [4.78, 5) is 44.6. The summed E-state index contributed by atoms with van der Waals surface area (Å²) in [5.74, 6) is -2.96. The van der Waals surface area contributed by atoms with E-state index in [0.29, 0.717) is 27.2 Å². The van der Waals surface area contributed by atoms with Crippen LogP contribution in [0.4, 0.5) is 9.52 Å². The van der Waals surface area contributed by atoms with Crippen LogP contribution in [0.2, 0.25) is 5.02 Å². The van der Waals surface area contributed by atoms with Crippen LogP contribution in [0, 0.1) is 11.7 Å². The quantitative estimate of drug-likeness (QED) is 0.455. The average molecular weight is 516 g/mol. The van der Waals surface area contributed by atoms with Crippen LogP contribution in [0.5, 0.6) is 0 Å². The van der Waals surface area contributed by atoms with Crippen LogP contribution in [-0.4, -0.2) is 33.7 Å². The number of thiazole rings is 1. The van der Waals surface area contributed by atoms with E-state index >= 15 is 0 Å². The maximum absolute atomic E-state index is 13.7. The maximum Gasteiger partial charge on any atom is 0.296 e. The highest BCUT2D eigenvalue weighted by Crippen LogP contribution is 2.44. The highest BCUT2D eigenvalue weighted by atomic mass is 35.5. The van der Waals surface area contributed by atoms with Crippen LogP contribution in [0.25, 0.3) is 10.2 Å². The van der Waals surface area contributed by atoms with Crippen molar-refractivity contribution in [2.24, 2.45) is 5.92 Å². The normalized spacial score (nSPS) is 16.9. The van der Waals surface area contributed by atoms with Gasteiger partial charge in [-0.25, -0.2) is 9.37 Å². The minimum atomic E-state index is -1.06. The lowest BCUT2D eigenvalue weighted by atomic mass is 9.89. The molecule has 0 spiro atoms. The van der Waals surface area contributed by atoms with E-state index in [-0.39, 0.29) is 16.6 Å². The number of fused-ring (bicyclic) bond motifs is 1. The van der Waals surface area contributed by atoms with Crippen LogP contribution in [-0.2, 0) is 14.4 Å². The minimum Gasteiger partial charge on any atom is -0.503 e. The molecular formula is C25H23ClFN3O4S. The number of nitrogens with zero attached hydrogens (tertiary/aromatic N) is 2. The summed E-state index contributed by atoms with van der Waals surface area (Å²) in [5.41, 5.74) is 0.837. The van der Waals surface area contributed by atoms with Crippen LogP contribution >= 0.6 is 22.9 Å². The molecule has 3 aromatic rings. The molecule has 0 fully saturated rings. The van der Waals surface area contributed by atoms with E-state index in [9.17, 15) is 23.9 Å². The van der Waals surface area contributed by atoms with Crippen molar-refractivity contribution in [3.63, 3.8) is 0 Å². The number of anilines is 1. The van der Waals surface area contributed by atoms with Crippen molar-refractivity contribution in [2.45, 2.75) is 39.3 Å². The van der Waals surface area contributed by atoms with Crippen molar-refractivity contribution < 1.29 is 23.9 Å². The number of rotatable bonds is 7. The number of halogens is 2. The first-order valence-electron chi connectivity index (χ1n) is 11.0. The first-order valence-corrected chi connectivity index (χ1v) is 12.2. The number of ketones is 1. The number of aliphatic hydroxyl groups excluding tert-OH is 1. The molecule has 2 heterocycles. The summed E-state index contributed by atoms with van der Waals surface area (Å²) in [5, 5.41) is 14.3. The summed E-state index contributed by atoms with van der Waals surface area (Å²) >= 11 is 7.27. The molecule has 2 unspecified atom stereocenters. The zero-order valence-electron chi connectivity index (χ0n) is 19.2. The number of Topliss-reactive ketones (excluding diaryl/α,β-unsaturated/α-hetero) is 1. The Labute approximate surface area is 210 Å². The summed E-state index contributed by atoms with van der Waals surface area (Å²) in [6.07, 6.45) is 0.305. The predicted molar refractivity (Wildman–Crippen MR) is 133 cm³/mol. The van der Waals surface area contributed by atoms with Gasteiger partial charge in [-0.05, 0) is 48.2 Å². The molecular weight excluding hydrogens is 493 g/mol. The van der Waals surface area contributed by atoms with E-state index in [1.807, 2.05) is 13.8 Å². The van der Waals surface area contributed by atoms with Crippen molar-refractivity contribution in [3.05, 3.63) is 70.2 Å². The SMILES string of the molecule is CC(=O)NC(CC(C)C)C(=O)C1=C(O)C(=O)N(c2nc3ccc(Cl)cc3s2)C1c1ccc(F)cc1. The van der Waals surface area contributed by atoms with Gasteiger partial charge in [0.05, 0.1) is 27.9 Å². The molecule has 182 valence electrons. The van der Waals surface area contributed by atoms with E-state index in [1.54, 1.807) is 18.2 Å². The molecule has 1 aliphatic heterocycles. The van der Waals surface area contributed by atoms with Crippen molar-refractivity contribution in [1.29, 1.82) is 0 Å². The topological polar surface area (TPSA) is 99.6 Å². The second kappa shape index (κ2) is 9.75. The Bertz CT molecular complexity index is 1350. The summed E-state index contributed by atoms with van der Waals surface area (Å²) in [6.45, 7) is 5.09. The van der Waals surface area contributed by atoms with Crippen molar-refractivity contribution in [2.75, 3.05) is 4.90 Å². The third-order valence-electron chi connectivity index (χ3n) is 5.61. The Balaban J connectivity index is 1.85. The number of aromatic nitrogens is 1. The summed E-state index contributed by atoms with van der Waals surface area (Å²) in [6, 6.07) is 8.41. The van der Waals surface area contributed by atoms with Gasteiger partial charge in [0, 0.05) is 11.9 Å². The minimum absolute atomic E-state index is 0.0463. The van der Waals surface area contributed by atoms with Gasteiger partial charge < -0.3 is 10.4 Å². The Morgan fingerprint density at radius 2 is 1.91 bits per heavy atom.